The van der Waals surface area contributed by atoms with E-state index in [1.54, 1.807) is 10.9 Å². The minimum absolute atomic E-state index is 0.165. The van der Waals surface area contributed by atoms with E-state index in [-0.39, 0.29) is 13.2 Å². The molecule has 0 spiro atoms. The Labute approximate surface area is 123 Å². The van der Waals surface area contributed by atoms with Gasteiger partial charge in [-0.05, 0) is 10.6 Å². The van der Waals surface area contributed by atoms with E-state index >= 15 is 0 Å². The minimum Gasteiger partial charge on any atom is -0.394 e. The van der Waals surface area contributed by atoms with E-state index in [0.717, 1.165) is 18.9 Å². The number of hydrogen-bond acceptors (Lipinski definition) is 6. The summed E-state index contributed by atoms with van der Waals surface area (Å²) < 4.78 is 1.68. The van der Waals surface area contributed by atoms with Crippen molar-refractivity contribution in [1.29, 1.82) is 0 Å². The lowest BCUT2D eigenvalue weighted by Crippen LogP contribution is -2.40. The second-order valence-electron chi connectivity index (χ2n) is 4.66. The lowest BCUT2D eigenvalue weighted by atomic mass is 10.1. The molecule has 7 nitrogen and oxygen atoms in total. The van der Waals surface area contributed by atoms with Gasteiger partial charge in [0.25, 0.3) is 0 Å². The molecule has 2 N–H and O–H groups in total. The zero-order valence-electron chi connectivity index (χ0n) is 10.6. The fraction of sp³-hybridized carbons (Fsp3) is 0.417. The van der Waals surface area contributed by atoms with Gasteiger partial charge >= 0.3 is 0 Å². The Morgan fingerprint density at radius 2 is 2.00 bits per heavy atom. The molecule has 8 heteroatoms. The van der Waals surface area contributed by atoms with E-state index in [0.29, 0.717) is 11.2 Å². The Balaban J connectivity index is 2.00. The molecule has 0 aromatic carbocycles. The van der Waals surface area contributed by atoms with Crippen LogP contribution in [0.1, 0.15) is 6.04 Å². The molecule has 106 valence electrons. The van der Waals surface area contributed by atoms with E-state index in [1.807, 2.05) is 4.99 Å². The fourth-order valence-corrected chi connectivity index (χ4v) is 2.52. The number of anilines is 1. The Morgan fingerprint density at radius 1 is 1.25 bits per heavy atom. The van der Waals surface area contributed by atoms with Gasteiger partial charge in [0.2, 0.25) is 0 Å². The lowest BCUT2D eigenvalue weighted by molar-refractivity contribution is 0.156. The number of aliphatic hydroxyl groups is 2. The molecule has 0 radical (unpaired) electrons. The summed E-state index contributed by atoms with van der Waals surface area (Å²) in [5, 5.41) is 18.6. The molecule has 0 bridgehead atoms. The third kappa shape index (κ3) is 2.09. The van der Waals surface area contributed by atoms with Crippen LogP contribution in [0.3, 0.4) is 0 Å². The molecular weight excluding hydrogens is 326 g/mol. The van der Waals surface area contributed by atoms with Gasteiger partial charge in [-0.3, -0.25) is 0 Å². The van der Waals surface area contributed by atoms with E-state index in [1.165, 1.54) is 11.9 Å². The number of rotatable bonds is 4. The van der Waals surface area contributed by atoms with Crippen molar-refractivity contribution < 1.29 is 10.2 Å². The third-order valence-electron chi connectivity index (χ3n) is 3.40. The highest BCUT2D eigenvalue weighted by Gasteiger charge is 2.25. The quantitative estimate of drug-likeness (QED) is 0.841. The van der Waals surface area contributed by atoms with Crippen LogP contribution in [0, 0.1) is 0 Å². The van der Waals surface area contributed by atoms with Crippen molar-refractivity contribution in [2.24, 2.45) is 0 Å². The van der Waals surface area contributed by atoms with Crippen LogP contribution in [0.4, 0.5) is 5.82 Å². The Kier molecular flexibility index (Phi) is 3.68. The molecule has 2 aromatic heterocycles. The number of imidazole rings is 1. The maximum Gasteiger partial charge on any atom is 0.165 e. The van der Waals surface area contributed by atoms with Gasteiger partial charge in [0.05, 0.1) is 25.6 Å². The normalized spacial score (nSPS) is 15.0. The van der Waals surface area contributed by atoms with E-state index < -0.39 is 6.04 Å². The number of fused-ring (bicyclic) bond motifs is 1. The fourth-order valence-electron chi connectivity index (χ4n) is 2.23. The summed E-state index contributed by atoms with van der Waals surface area (Å²) in [5.41, 5.74) is 2.60. The minimum atomic E-state index is -0.433. The lowest BCUT2D eigenvalue weighted by Gasteiger charge is -2.34. The smallest absolute Gasteiger partial charge is 0.165 e. The van der Waals surface area contributed by atoms with Crippen LogP contribution in [0.2, 0.25) is 0 Å². The van der Waals surface area contributed by atoms with Gasteiger partial charge in [-0.15, -0.1) is 0 Å². The first-order valence-corrected chi connectivity index (χ1v) is 7.12. The summed E-state index contributed by atoms with van der Waals surface area (Å²) in [5.74, 6) is 0.779. The van der Waals surface area contributed by atoms with Crippen LogP contribution < -0.4 is 4.90 Å². The van der Waals surface area contributed by atoms with Crippen molar-refractivity contribution in [3.8, 4) is 0 Å². The summed E-state index contributed by atoms with van der Waals surface area (Å²) in [6.45, 7) is 1.30. The first-order valence-electron chi connectivity index (χ1n) is 6.20. The number of aliphatic hydroxyl groups excluding tert-OH is 2. The topological polar surface area (TPSA) is 87.3 Å². The predicted octanol–water partition coefficient (Wildman–Crippen LogP) is 0.451. The van der Waals surface area contributed by atoms with Gasteiger partial charge in [0, 0.05) is 13.1 Å². The maximum atomic E-state index is 9.28. The van der Waals surface area contributed by atoms with Gasteiger partial charge in [0.15, 0.2) is 17.0 Å². The van der Waals surface area contributed by atoms with Gasteiger partial charge < -0.3 is 19.7 Å². The molecule has 20 heavy (non-hydrogen) atoms. The van der Waals surface area contributed by atoms with E-state index in [2.05, 4.69) is 35.8 Å². The molecule has 0 unspecified atom stereocenters. The summed E-state index contributed by atoms with van der Waals surface area (Å²) in [6, 6.07) is -0.433. The van der Waals surface area contributed by atoms with Gasteiger partial charge in [-0.1, -0.05) is 15.9 Å². The second kappa shape index (κ2) is 5.47. The number of aromatic nitrogens is 4. The number of hydrogen-bond donors (Lipinski definition) is 2. The van der Waals surface area contributed by atoms with Crippen LogP contribution in [-0.4, -0.2) is 56.0 Å². The van der Waals surface area contributed by atoms with Crippen molar-refractivity contribution in [3.05, 3.63) is 23.2 Å². The molecule has 1 aliphatic rings. The van der Waals surface area contributed by atoms with Crippen molar-refractivity contribution in [2.75, 3.05) is 31.2 Å². The number of nitrogens with zero attached hydrogens (tertiary/aromatic N) is 5. The second-order valence-corrected chi connectivity index (χ2v) is 5.12. The average molecular weight is 340 g/mol. The highest BCUT2D eigenvalue weighted by atomic mass is 79.9. The van der Waals surface area contributed by atoms with Crippen LogP contribution in [-0.2, 0) is 0 Å². The molecule has 1 aliphatic heterocycles. The van der Waals surface area contributed by atoms with Crippen LogP contribution in [0.25, 0.3) is 11.2 Å². The van der Waals surface area contributed by atoms with Crippen molar-refractivity contribution in [3.63, 3.8) is 0 Å². The third-order valence-corrected chi connectivity index (χ3v) is 4.04. The first-order chi connectivity index (χ1) is 9.78. The van der Waals surface area contributed by atoms with Crippen LogP contribution >= 0.6 is 15.9 Å². The van der Waals surface area contributed by atoms with Gasteiger partial charge in [-0.2, -0.15) is 0 Å². The molecule has 0 atom stereocenters. The Bertz CT molecular complexity index is 644. The zero-order valence-corrected chi connectivity index (χ0v) is 12.2. The molecule has 1 fully saturated rings. The monoisotopic (exact) mass is 339 g/mol. The highest BCUT2D eigenvalue weighted by molar-refractivity contribution is 9.11. The summed E-state index contributed by atoms with van der Waals surface area (Å²) in [7, 11) is 0. The molecule has 3 heterocycles. The molecule has 0 amide bonds. The largest absolute Gasteiger partial charge is 0.394 e. The van der Waals surface area contributed by atoms with Crippen molar-refractivity contribution >= 4 is 32.9 Å². The van der Waals surface area contributed by atoms with Crippen LogP contribution in [0.5, 0.6) is 0 Å². The predicted molar refractivity (Wildman–Crippen MR) is 77.8 cm³/mol. The molecule has 2 aromatic rings. The Hall–Kier alpha value is -1.51. The zero-order chi connectivity index (χ0) is 14.1. The van der Waals surface area contributed by atoms with E-state index in [9.17, 15) is 10.2 Å². The standard InChI is InChI=1S/C12H14BrN5O2/c13-1-8-2-17(3-8)11-10-12(15-6-14-11)18(7-16-10)9(4-19)5-20/h1,6-7,9,19-20H,2-5H2. The highest BCUT2D eigenvalue weighted by Crippen LogP contribution is 2.28. The van der Waals surface area contributed by atoms with Gasteiger partial charge in [0.1, 0.15) is 6.33 Å². The Morgan fingerprint density at radius 3 is 2.65 bits per heavy atom. The summed E-state index contributed by atoms with van der Waals surface area (Å²) in [6.07, 6.45) is 3.07. The van der Waals surface area contributed by atoms with Crippen molar-refractivity contribution in [1.82, 2.24) is 19.5 Å². The van der Waals surface area contributed by atoms with Crippen molar-refractivity contribution in [2.45, 2.75) is 6.04 Å². The summed E-state index contributed by atoms with van der Waals surface area (Å²) >= 11 is 3.32. The summed E-state index contributed by atoms with van der Waals surface area (Å²) in [4.78, 5) is 16.9. The maximum absolute atomic E-state index is 9.28. The van der Waals surface area contributed by atoms with Gasteiger partial charge in [-0.25, -0.2) is 15.0 Å². The van der Waals surface area contributed by atoms with E-state index in [4.69, 9.17) is 0 Å². The number of halogens is 1. The van der Waals surface area contributed by atoms with Crippen LogP contribution in [0.15, 0.2) is 23.2 Å². The molecule has 3 rings (SSSR count). The molecule has 0 aliphatic carbocycles. The molecule has 1 saturated heterocycles. The molecule has 0 saturated carbocycles. The first kappa shape index (κ1) is 13.5. The molecular formula is C12H14BrN5O2. The SMILES string of the molecule is OCC(CO)n1cnc2c(N3CC(=CBr)C3)ncnc21. The average Bonchev–Trinajstić information content (AvgIpc) is 2.84.